The van der Waals surface area contributed by atoms with Crippen molar-refractivity contribution in [1.82, 2.24) is 10.1 Å². The summed E-state index contributed by atoms with van der Waals surface area (Å²) in [7, 11) is 0. The summed E-state index contributed by atoms with van der Waals surface area (Å²) in [6.07, 6.45) is 1.98. The summed E-state index contributed by atoms with van der Waals surface area (Å²) in [5.74, 6) is 1.29. The van der Waals surface area contributed by atoms with Gasteiger partial charge in [-0.25, -0.2) is 0 Å². The molecule has 0 bridgehead atoms. The summed E-state index contributed by atoms with van der Waals surface area (Å²) >= 11 is 9.34. The van der Waals surface area contributed by atoms with E-state index in [1.165, 1.54) is 0 Å². The van der Waals surface area contributed by atoms with Gasteiger partial charge in [-0.15, -0.1) is 0 Å². The molecule has 1 aromatic heterocycles. The SMILES string of the molecule is CCCC(CN)c1nc(-c2ccc(Cl)c(Br)c2)no1. The number of nitrogens with two attached hydrogens (primary N) is 1. The van der Waals surface area contributed by atoms with Gasteiger partial charge in [-0.3, -0.25) is 0 Å². The molecule has 2 rings (SSSR count). The Morgan fingerprint density at radius 3 is 2.89 bits per heavy atom. The van der Waals surface area contributed by atoms with Crippen LogP contribution in [0.15, 0.2) is 27.2 Å². The van der Waals surface area contributed by atoms with Crippen molar-refractivity contribution in [2.75, 3.05) is 6.54 Å². The number of aromatic nitrogens is 2. The van der Waals surface area contributed by atoms with Crippen LogP contribution in [0.25, 0.3) is 11.4 Å². The zero-order chi connectivity index (χ0) is 13.8. The van der Waals surface area contributed by atoms with Crippen LogP contribution in [0, 0.1) is 0 Å². The fourth-order valence-corrected chi connectivity index (χ4v) is 2.34. The minimum Gasteiger partial charge on any atom is -0.339 e. The largest absolute Gasteiger partial charge is 0.339 e. The molecule has 102 valence electrons. The lowest BCUT2D eigenvalue weighted by atomic mass is 10.0. The van der Waals surface area contributed by atoms with Crippen molar-refractivity contribution in [2.24, 2.45) is 5.73 Å². The average Bonchev–Trinajstić information content (AvgIpc) is 2.88. The fraction of sp³-hybridized carbons (Fsp3) is 0.385. The molecule has 2 aromatic rings. The number of benzene rings is 1. The minimum atomic E-state index is 0.127. The molecule has 0 aliphatic heterocycles. The van der Waals surface area contributed by atoms with E-state index in [-0.39, 0.29) is 5.92 Å². The molecule has 0 radical (unpaired) electrons. The lowest BCUT2D eigenvalue weighted by Crippen LogP contribution is -2.12. The van der Waals surface area contributed by atoms with Gasteiger partial charge in [0.2, 0.25) is 11.7 Å². The second kappa shape index (κ2) is 6.50. The Balaban J connectivity index is 2.27. The zero-order valence-electron chi connectivity index (χ0n) is 10.6. The van der Waals surface area contributed by atoms with Crippen LogP contribution in [0.2, 0.25) is 5.02 Å². The van der Waals surface area contributed by atoms with E-state index in [1.807, 2.05) is 12.1 Å². The number of hydrogen-bond donors (Lipinski definition) is 1. The Morgan fingerprint density at radius 2 is 2.26 bits per heavy atom. The molecule has 0 amide bonds. The third-order valence-corrected chi connectivity index (χ3v) is 4.10. The molecule has 0 saturated heterocycles. The van der Waals surface area contributed by atoms with Crippen molar-refractivity contribution in [3.05, 3.63) is 33.6 Å². The van der Waals surface area contributed by atoms with Crippen molar-refractivity contribution >= 4 is 27.5 Å². The summed E-state index contributed by atoms with van der Waals surface area (Å²) in [5, 5.41) is 4.65. The van der Waals surface area contributed by atoms with E-state index in [9.17, 15) is 0 Å². The van der Waals surface area contributed by atoms with Gasteiger partial charge in [-0.2, -0.15) is 4.98 Å². The third-order valence-electron chi connectivity index (χ3n) is 2.89. The van der Waals surface area contributed by atoms with E-state index in [0.717, 1.165) is 22.9 Å². The highest BCUT2D eigenvalue weighted by Gasteiger charge is 2.17. The van der Waals surface area contributed by atoms with Crippen molar-refractivity contribution in [3.8, 4) is 11.4 Å². The van der Waals surface area contributed by atoms with Crippen molar-refractivity contribution < 1.29 is 4.52 Å². The highest BCUT2D eigenvalue weighted by atomic mass is 79.9. The van der Waals surface area contributed by atoms with Crippen molar-refractivity contribution in [2.45, 2.75) is 25.7 Å². The van der Waals surface area contributed by atoms with Crippen LogP contribution in [0.4, 0.5) is 0 Å². The molecule has 2 N–H and O–H groups in total. The van der Waals surface area contributed by atoms with E-state index in [2.05, 4.69) is 33.0 Å². The van der Waals surface area contributed by atoms with E-state index < -0.39 is 0 Å². The standard InChI is InChI=1S/C13H15BrClN3O/c1-2-3-9(7-16)13-17-12(18-19-13)8-4-5-11(15)10(14)6-8/h4-6,9H,2-3,7,16H2,1H3. The fourth-order valence-electron chi connectivity index (χ4n) is 1.84. The maximum absolute atomic E-state index is 5.96. The highest BCUT2D eigenvalue weighted by molar-refractivity contribution is 9.10. The smallest absolute Gasteiger partial charge is 0.231 e. The molecular weight excluding hydrogens is 330 g/mol. The van der Waals surface area contributed by atoms with E-state index in [1.54, 1.807) is 6.07 Å². The van der Waals surface area contributed by atoms with Gasteiger partial charge in [0.15, 0.2) is 0 Å². The van der Waals surface area contributed by atoms with Crippen LogP contribution in [0.5, 0.6) is 0 Å². The lowest BCUT2D eigenvalue weighted by molar-refractivity contribution is 0.347. The van der Waals surface area contributed by atoms with Crippen LogP contribution in [-0.4, -0.2) is 16.7 Å². The molecule has 19 heavy (non-hydrogen) atoms. The van der Waals surface area contributed by atoms with Crippen molar-refractivity contribution in [3.63, 3.8) is 0 Å². The summed E-state index contributed by atoms with van der Waals surface area (Å²) in [4.78, 5) is 4.42. The first kappa shape index (κ1) is 14.5. The maximum Gasteiger partial charge on any atom is 0.231 e. The molecule has 6 heteroatoms. The second-order valence-corrected chi connectivity index (χ2v) is 5.57. The summed E-state index contributed by atoms with van der Waals surface area (Å²) in [6, 6.07) is 5.52. The number of halogens is 2. The molecule has 4 nitrogen and oxygen atoms in total. The zero-order valence-corrected chi connectivity index (χ0v) is 12.9. The molecule has 1 atom stereocenters. The van der Waals surface area contributed by atoms with Crippen LogP contribution < -0.4 is 5.73 Å². The Bertz CT molecular complexity index is 559. The summed E-state index contributed by atoms with van der Waals surface area (Å²) in [5.41, 5.74) is 6.59. The molecule has 0 fully saturated rings. The lowest BCUT2D eigenvalue weighted by Gasteiger charge is -2.06. The summed E-state index contributed by atoms with van der Waals surface area (Å²) < 4.78 is 6.11. The Kier molecular flexibility index (Phi) is 4.96. The van der Waals surface area contributed by atoms with Crippen LogP contribution in [0.1, 0.15) is 31.6 Å². The predicted molar refractivity (Wildman–Crippen MR) is 79.1 cm³/mol. The quantitative estimate of drug-likeness (QED) is 0.890. The number of hydrogen-bond acceptors (Lipinski definition) is 4. The number of nitrogens with zero attached hydrogens (tertiary/aromatic N) is 2. The molecule has 1 heterocycles. The molecule has 0 aliphatic rings. The van der Waals surface area contributed by atoms with Gasteiger partial charge in [0.25, 0.3) is 0 Å². The molecule has 0 spiro atoms. The second-order valence-electron chi connectivity index (χ2n) is 4.31. The third kappa shape index (κ3) is 3.35. The molecular formula is C13H15BrClN3O. The van der Waals surface area contributed by atoms with E-state index in [4.69, 9.17) is 21.9 Å². The molecule has 1 aromatic carbocycles. The normalized spacial score (nSPS) is 12.6. The van der Waals surface area contributed by atoms with Crippen LogP contribution in [-0.2, 0) is 0 Å². The van der Waals surface area contributed by atoms with Gasteiger partial charge in [-0.05, 0) is 40.5 Å². The van der Waals surface area contributed by atoms with Gasteiger partial charge in [-0.1, -0.05) is 30.1 Å². The Hall–Kier alpha value is -0.910. The van der Waals surface area contributed by atoms with Gasteiger partial charge in [0, 0.05) is 16.6 Å². The van der Waals surface area contributed by atoms with Gasteiger partial charge in [0.1, 0.15) is 0 Å². The average molecular weight is 345 g/mol. The van der Waals surface area contributed by atoms with E-state index in [0.29, 0.717) is 23.3 Å². The minimum absolute atomic E-state index is 0.127. The monoisotopic (exact) mass is 343 g/mol. The number of rotatable bonds is 5. The summed E-state index contributed by atoms with van der Waals surface area (Å²) in [6.45, 7) is 2.62. The van der Waals surface area contributed by atoms with Crippen LogP contribution >= 0.6 is 27.5 Å². The highest BCUT2D eigenvalue weighted by Crippen LogP contribution is 2.28. The molecule has 1 unspecified atom stereocenters. The topological polar surface area (TPSA) is 64.9 Å². The maximum atomic E-state index is 5.96. The first-order chi connectivity index (χ1) is 9.15. The van der Waals surface area contributed by atoms with Gasteiger partial charge in [0.05, 0.1) is 10.9 Å². The first-order valence-electron chi connectivity index (χ1n) is 6.14. The van der Waals surface area contributed by atoms with Gasteiger partial charge < -0.3 is 10.3 Å². The Morgan fingerprint density at radius 1 is 1.47 bits per heavy atom. The van der Waals surface area contributed by atoms with Gasteiger partial charge >= 0.3 is 0 Å². The van der Waals surface area contributed by atoms with Crippen molar-refractivity contribution in [1.29, 1.82) is 0 Å². The van der Waals surface area contributed by atoms with E-state index >= 15 is 0 Å². The Labute approximate surface area is 125 Å². The first-order valence-corrected chi connectivity index (χ1v) is 7.32. The predicted octanol–water partition coefficient (Wildman–Crippen LogP) is 3.99. The molecule has 0 aliphatic carbocycles. The molecule has 0 saturated carbocycles. The van der Waals surface area contributed by atoms with Crippen LogP contribution in [0.3, 0.4) is 0 Å².